The Labute approximate surface area is 169 Å². The largest absolute Gasteiger partial charge is 0.483 e. The van der Waals surface area contributed by atoms with Gasteiger partial charge in [0.15, 0.2) is 10.8 Å². The number of carbonyl (C=O) groups excluding carboxylic acids is 1. The van der Waals surface area contributed by atoms with Crippen LogP contribution in [0.3, 0.4) is 0 Å². The summed E-state index contributed by atoms with van der Waals surface area (Å²) < 4.78 is 5.61. The monoisotopic (exact) mass is 382 g/mol. The molecular weight excluding hydrogens is 352 g/mol. The van der Waals surface area contributed by atoms with E-state index >= 15 is 0 Å². The fourth-order valence-electron chi connectivity index (χ4n) is 3.15. The van der Waals surface area contributed by atoms with Gasteiger partial charge in [-0.15, -0.1) is 0 Å². The number of carbonyl (C=O) groups is 1. The van der Waals surface area contributed by atoms with Crippen molar-refractivity contribution in [3.8, 4) is 0 Å². The Kier molecular flexibility index (Phi) is 6.94. The molecule has 2 rings (SSSR count). The molecule has 0 aliphatic carbocycles. The first kappa shape index (κ1) is 21.3. The van der Waals surface area contributed by atoms with Crippen LogP contribution in [0.4, 0.5) is 0 Å². The minimum atomic E-state index is -0.0370. The Morgan fingerprint density at radius 1 is 1.07 bits per heavy atom. The maximum absolute atomic E-state index is 13.3. The Balaban J connectivity index is 2.56. The molecule has 144 valence electrons. The predicted molar refractivity (Wildman–Crippen MR) is 117 cm³/mol. The zero-order chi connectivity index (χ0) is 20.2. The first-order chi connectivity index (χ1) is 12.7. The van der Waals surface area contributed by atoms with Crippen LogP contribution in [0, 0.1) is 6.92 Å². The Bertz CT molecular complexity index is 827. The minimum absolute atomic E-state index is 0.00643. The van der Waals surface area contributed by atoms with E-state index in [-0.39, 0.29) is 11.2 Å². The molecule has 0 heterocycles. The summed E-state index contributed by atoms with van der Waals surface area (Å²) in [7, 11) is 0. The number of ether oxygens (including phenoxy) is 1. The van der Waals surface area contributed by atoms with Crippen LogP contribution >= 0.6 is 12.2 Å². The van der Waals surface area contributed by atoms with Crippen molar-refractivity contribution in [2.45, 2.75) is 59.8 Å². The van der Waals surface area contributed by atoms with E-state index in [4.69, 9.17) is 17.0 Å². The van der Waals surface area contributed by atoms with Crippen LogP contribution < -0.4 is 0 Å². The summed E-state index contributed by atoms with van der Waals surface area (Å²) in [5.41, 5.74) is 5.34. The van der Waals surface area contributed by atoms with Crippen LogP contribution in [0.25, 0.3) is 0 Å². The standard InChI is InChI=1S/C24H30O2S/c1-7-9-17-10-12-18(13-11-17)22(25)21-16(3)14-19(24(4,5)6)15-20(21)23(27)26-8-2/h10-15H,7-9H2,1-6H3. The van der Waals surface area contributed by atoms with Crippen LogP contribution in [0.2, 0.25) is 0 Å². The van der Waals surface area contributed by atoms with Crippen molar-refractivity contribution in [2.24, 2.45) is 0 Å². The van der Waals surface area contributed by atoms with Crippen molar-refractivity contribution in [3.63, 3.8) is 0 Å². The normalized spacial score (nSPS) is 11.3. The van der Waals surface area contributed by atoms with Gasteiger partial charge in [-0.3, -0.25) is 4.79 Å². The van der Waals surface area contributed by atoms with Gasteiger partial charge in [0.2, 0.25) is 0 Å². The highest BCUT2D eigenvalue weighted by Crippen LogP contribution is 2.29. The fraction of sp³-hybridized carbons (Fsp3) is 0.417. The molecule has 0 aliphatic rings. The summed E-state index contributed by atoms with van der Waals surface area (Å²) in [5, 5.41) is 0.387. The fourth-order valence-corrected chi connectivity index (χ4v) is 3.43. The molecule has 0 aliphatic heterocycles. The number of hydrogen-bond donors (Lipinski definition) is 0. The van der Waals surface area contributed by atoms with Crippen molar-refractivity contribution in [1.82, 2.24) is 0 Å². The predicted octanol–water partition coefficient (Wildman–Crippen LogP) is 6.19. The Morgan fingerprint density at radius 3 is 2.22 bits per heavy atom. The van der Waals surface area contributed by atoms with E-state index in [0.717, 1.165) is 29.5 Å². The van der Waals surface area contributed by atoms with E-state index in [1.54, 1.807) is 0 Å². The summed E-state index contributed by atoms with van der Waals surface area (Å²) in [6, 6.07) is 12.0. The molecule has 0 atom stereocenters. The molecule has 2 aromatic rings. The lowest BCUT2D eigenvalue weighted by Gasteiger charge is -2.23. The van der Waals surface area contributed by atoms with Gasteiger partial charge in [-0.1, -0.05) is 64.4 Å². The van der Waals surface area contributed by atoms with Crippen molar-refractivity contribution in [2.75, 3.05) is 6.61 Å². The second-order valence-corrected chi connectivity index (χ2v) is 8.33. The van der Waals surface area contributed by atoms with Gasteiger partial charge < -0.3 is 4.74 Å². The molecule has 3 heteroatoms. The third kappa shape index (κ3) is 5.04. The van der Waals surface area contributed by atoms with E-state index in [1.807, 2.05) is 44.2 Å². The summed E-state index contributed by atoms with van der Waals surface area (Å²) in [6.07, 6.45) is 2.11. The van der Waals surface area contributed by atoms with Gasteiger partial charge >= 0.3 is 0 Å². The lowest BCUT2D eigenvalue weighted by atomic mass is 9.82. The number of aryl methyl sites for hydroxylation is 2. The summed E-state index contributed by atoms with van der Waals surface area (Å²) in [6.45, 7) is 13.0. The highest BCUT2D eigenvalue weighted by molar-refractivity contribution is 7.80. The lowest BCUT2D eigenvalue weighted by molar-refractivity contribution is 0.103. The molecule has 0 radical (unpaired) electrons. The average Bonchev–Trinajstić information content (AvgIpc) is 2.61. The van der Waals surface area contributed by atoms with E-state index in [9.17, 15) is 4.79 Å². The number of ketones is 1. The minimum Gasteiger partial charge on any atom is -0.483 e. The average molecular weight is 383 g/mol. The van der Waals surface area contributed by atoms with Crippen LogP contribution in [0.1, 0.15) is 79.2 Å². The van der Waals surface area contributed by atoms with Gasteiger partial charge in [0.1, 0.15) is 0 Å². The molecule has 2 nitrogen and oxygen atoms in total. The highest BCUT2D eigenvalue weighted by atomic mass is 32.1. The summed E-state index contributed by atoms with van der Waals surface area (Å²) in [4.78, 5) is 13.3. The Hall–Kier alpha value is -2.00. The molecule has 0 aromatic heterocycles. The second kappa shape index (κ2) is 8.79. The number of thiocarbonyl (C=S) groups is 1. The molecule has 27 heavy (non-hydrogen) atoms. The molecule has 0 saturated heterocycles. The Morgan fingerprint density at radius 2 is 1.70 bits per heavy atom. The lowest BCUT2D eigenvalue weighted by Crippen LogP contribution is -2.18. The van der Waals surface area contributed by atoms with Crippen molar-refractivity contribution in [3.05, 3.63) is 69.8 Å². The maximum Gasteiger partial charge on any atom is 0.194 e. The molecule has 0 fully saturated rings. The number of rotatable bonds is 6. The van der Waals surface area contributed by atoms with Crippen molar-refractivity contribution < 1.29 is 9.53 Å². The first-order valence-corrected chi connectivity index (χ1v) is 10.1. The van der Waals surface area contributed by atoms with E-state index < -0.39 is 0 Å². The van der Waals surface area contributed by atoms with E-state index in [1.165, 1.54) is 5.56 Å². The van der Waals surface area contributed by atoms with Gasteiger partial charge in [-0.2, -0.15) is 0 Å². The smallest absolute Gasteiger partial charge is 0.194 e. The molecule has 0 amide bonds. The van der Waals surface area contributed by atoms with Gasteiger partial charge in [0.05, 0.1) is 6.61 Å². The SMILES string of the molecule is CCCc1ccc(C(=O)c2c(C)cc(C(C)(C)C)cc2C(=S)OCC)cc1. The zero-order valence-corrected chi connectivity index (χ0v) is 18.1. The van der Waals surface area contributed by atoms with Crippen LogP contribution in [-0.2, 0) is 16.6 Å². The summed E-state index contributed by atoms with van der Waals surface area (Å²) >= 11 is 5.50. The van der Waals surface area contributed by atoms with Gasteiger partial charge in [0.25, 0.3) is 0 Å². The van der Waals surface area contributed by atoms with E-state index in [0.29, 0.717) is 22.8 Å². The zero-order valence-electron chi connectivity index (χ0n) is 17.3. The molecule has 2 aromatic carbocycles. The highest BCUT2D eigenvalue weighted by Gasteiger charge is 2.24. The van der Waals surface area contributed by atoms with Crippen molar-refractivity contribution >= 4 is 23.1 Å². The topological polar surface area (TPSA) is 26.3 Å². The van der Waals surface area contributed by atoms with Crippen LogP contribution in [-0.4, -0.2) is 17.4 Å². The second-order valence-electron chi connectivity index (χ2n) is 7.96. The van der Waals surface area contributed by atoms with Crippen LogP contribution in [0.15, 0.2) is 36.4 Å². The maximum atomic E-state index is 13.3. The first-order valence-electron chi connectivity index (χ1n) is 9.64. The third-order valence-electron chi connectivity index (χ3n) is 4.68. The van der Waals surface area contributed by atoms with Gasteiger partial charge in [-0.05, 0) is 60.7 Å². The van der Waals surface area contributed by atoms with Gasteiger partial charge in [-0.25, -0.2) is 0 Å². The van der Waals surface area contributed by atoms with Gasteiger partial charge in [0, 0.05) is 16.7 Å². The number of hydrogen-bond acceptors (Lipinski definition) is 3. The summed E-state index contributed by atoms with van der Waals surface area (Å²) in [5.74, 6) is -0.00643. The molecule has 0 bridgehead atoms. The quantitative estimate of drug-likeness (QED) is 0.440. The van der Waals surface area contributed by atoms with Crippen LogP contribution in [0.5, 0.6) is 0 Å². The molecule has 0 spiro atoms. The third-order valence-corrected chi connectivity index (χ3v) is 5.02. The molecule has 0 unspecified atom stereocenters. The molecule has 0 N–H and O–H groups in total. The van der Waals surface area contributed by atoms with E-state index in [2.05, 4.69) is 33.8 Å². The molecule has 0 saturated carbocycles. The van der Waals surface area contributed by atoms with Crippen molar-refractivity contribution in [1.29, 1.82) is 0 Å². The number of benzene rings is 2. The molecular formula is C24H30O2S.